The van der Waals surface area contributed by atoms with Gasteiger partial charge in [-0.15, -0.1) is 0 Å². The molecular formula is C18H28N2O3. The fraction of sp³-hybridized carbons (Fsp3) is 0.667. The second-order valence-corrected chi connectivity index (χ2v) is 6.37. The summed E-state index contributed by atoms with van der Waals surface area (Å²) in [7, 11) is 0. The first-order valence-corrected chi connectivity index (χ1v) is 8.90. The number of carbonyl (C=O) groups is 1. The van der Waals surface area contributed by atoms with Gasteiger partial charge < -0.3 is 15.4 Å². The molecule has 0 aliphatic heterocycles. The lowest BCUT2D eigenvalue weighted by Gasteiger charge is -2.18. The highest BCUT2D eigenvalue weighted by Crippen LogP contribution is 2.28. The smallest absolute Gasteiger partial charge is 0.264 e. The van der Waals surface area contributed by atoms with Crippen molar-refractivity contribution in [3.8, 4) is 5.75 Å². The zero-order valence-electron chi connectivity index (χ0n) is 14.0. The number of nitrogens with one attached hydrogen (secondary N) is 2. The molecule has 1 amide bonds. The summed E-state index contributed by atoms with van der Waals surface area (Å²) >= 11 is 0. The molecule has 0 unspecified atom stereocenters. The number of amides is 1. The minimum absolute atomic E-state index is 0.121. The molecule has 0 fully saturated rings. The lowest BCUT2D eigenvalue weighted by molar-refractivity contribution is 0.0948. The number of hydrogen-bond acceptors (Lipinski definition) is 3. The topological polar surface area (TPSA) is 82.2 Å². The summed E-state index contributed by atoms with van der Waals surface area (Å²) < 4.78 is 0. The maximum absolute atomic E-state index is 12.2. The average Bonchev–Trinajstić information content (AvgIpc) is 2.54. The number of aromatic amines is 1. The molecule has 0 saturated carbocycles. The Hall–Kier alpha value is -1.78. The number of carbonyl (C=O) groups excluding carboxylic acids is 1. The number of hydrogen-bond donors (Lipinski definition) is 3. The first-order chi connectivity index (χ1) is 11.1. The molecule has 1 aliphatic carbocycles. The Bertz CT molecular complexity index is 593. The number of pyridine rings is 1. The molecule has 2 rings (SSSR count). The summed E-state index contributed by atoms with van der Waals surface area (Å²) in [5.41, 5.74) is 0.909. The Morgan fingerprint density at radius 3 is 2.61 bits per heavy atom. The summed E-state index contributed by atoms with van der Waals surface area (Å²) in [6.07, 6.45) is 10.3. The lowest BCUT2D eigenvalue weighted by Crippen LogP contribution is -2.32. The number of rotatable bonds is 8. The summed E-state index contributed by atoms with van der Waals surface area (Å²) in [5.74, 6) is -0.588. The van der Waals surface area contributed by atoms with Crippen LogP contribution in [0.1, 0.15) is 79.9 Å². The van der Waals surface area contributed by atoms with Crippen LogP contribution in [-0.2, 0) is 12.8 Å². The van der Waals surface area contributed by atoms with E-state index in [2.05, 4.69) is 17.2 Å². The van der Waals surface area contributed by atoms with Gasteiger partial charge >= 0.3 is 0 Å². The van der Waals surface area contributed by atoms with Crippen LogP contribution < -0.4 is 10.9 Å². The lowest BCUT2D eigenvalue weighted by atomic mass is 9.93. The molecule has 0 atom stereocenters. The second kappa shape index (κ2) is 8.75. The molecule has 1 aromatic heterocycles. The standard InChI is InChI=1S/C18H28N2O3/c1-2-3-4-5-6-9-12-19-17(22)15-16(21)13-10-7-8-11-14(13)20-18(15)23/h2-12H2,1H3,(H,19,22)(H2,20,21,23). The van der Waals surface area contributed by atoms with Gasteiger partial charge in [0.15, 0.2) is 0 Å². The van der Waals surface area contributed by atoms with Crippen molar-refractivity contribution in [3.05, 3.63) is 27.2 Å². The van der Waals surface area contributed by atoms with E-state index in [9.17, 15) is 14.7 Å². The minimum atomic E-state index is -0.483. The molecule has 0 aromatic carbocycles. The number of aryl methyl sites for hydroxylation is 1. The summed E-state index contributed by atoms with van der Waals surface area (Å²) in [6.45, 7) is 2.73. The zero-order valence-corrected chi connectivity index (χ0v) is 14.0. The zero-order chi connectivity index (χ0) is 16.7. The molecular weight excluding hydrogens is 292 g/mol. The Kier molecular flexibility index (Phi) is 6.68. The van der Waals surface area contributed by atoms with E-state index in [0.29, 0.717) is 6.54 Å². The van der Waals surface area contributed by atoms with Crippen molar-refractivity contribution in [1.29, 1.82) is 0 Å². The van der Waals surface area contributed by atoms with Crippen molar-refractivity contribution in [2.24, 2.45) is 0 Å². The molecule has 1 aromatic rings. The van der Waals surface area contributed by atoms with Gasteiger partial charge in [-0.05, 0) is 32.1 Å². The fourth-order valence-electron chi connectivity index (χ4n) is 3.17. The molecule has 23 heavy (non-hydrogen) atoms. The molecule has 0 saturated heterocycles. The Morgan fingerprint density at radius 2 is 1.83 bits per heavy atom. The van der Waals surface area contributed by atoms with Gasteiger partial charge in [0.05, 0.1) is 0 Å². The van der Waals surface area contributed by atoms with E-state index in [1.807, 2.05) is 0 Å². The molecule has 0 spiro atoms. The molecule has 3 N–H and O–H groups in total. The molecule has 1 heterocycles. The number of fused-ring (bicyclic) bond motifs is 1. The quantitative estimate of drug-likeness (QED) is 0.644. The van der Waals surface area contributed by atoms with Crippen LogP contribution in [0.5, 0.6) is 5.75 Å². The van der Waals surface area contributed by atoms with Crippen molar-refractivity contribution < 1.29 is 9.90 Å². The summed E-state index contributed by atoms with van der Waals surface area (Å²) in [6, 6.07) is 0. The normalized spacial score (nSPS) is 13.6. The predicted molar refractivity (Wildman–Crippen MR) is 91.1 cm³/mol. The molecule has 5 nitrogen and oxygen atoms in total. The molecule has 0 radical (unpaired) electrons. The first kappa shape index (κ1) is 17.6. The van der Waals surface area contributed by atoms with Crippen LogP contribution in [0.3, 0.4) is 0 Å². The maximum Gasteiger partial charge on any atom is 0.264 e. The number of aromatic nitrogens is 1. The minimum Gasteiger partial charge on any atom is -0.507 e. The van der Waals surface area contributed by atoms with Crippen LogP contribution in [0, 0.1) is 0 Å². The van der Waals surface area contributed by atoms with Gasteiger partial charge in [-0.3, -0.25) is 9.59 Å². The highest BCUT2D eigenvalue weighted by atomic mass is 16.3. The first-order valence-electron chi connectivity index (χ1n) is 8.90. The van der Waals surface area contributed by atoms with Crippen molar-refractivity contribution in [3.63, 3.8) is 0 Å². The third-order valence-electron chi connectivity index (χ3n) is 4.52. The largest absolute Gasteiger partial charge is 0.507 e. The van der Waals surface area contributed by atoms with Gasteiger partial charge in [0.2, 0.25) is 0 Å². The molecule has 0 bridgehead atoms. The van der Waals surface area contributed by atoms with E-state index in [4.69, 9.17) is 0 Å². The highest BCUT2D eigenvalue weighted by molar-refractivity contribution is 5.96. The van der Waals surface area contributed by atoms with Crippen molar-refractivity contribution in [2.45, 2.75) is 71.1 Å². The van der Waals surface area contributed by atoms with Gasteiger partial charge in [-0.25, -0.2) is 0 Å². The van der Waals surface area contributed by atoms with Crippen LogP contribution in [0.15, 0.2) is 4.79 Å². The van der Waals surface area contributed by atoms with E-state index >= 15 is 0 Å². The van der Waals surface area contributed by atoms with E-state index in [1.54, 1.807) is 0 Å². The SMILES string of the molecule is CCCCCCCCNC(=O)c1c(O)c2c([nH]c1=O)CCCC2. The second-order valence-electron chi connectivity index (χ2n) is 6.37. The van der Waals surface area contributed by atoms with Crippen molar-refractivity contribution in [1.82, 2.24) is 10.3 Å². The van der Waals surface area contributed by atoms with Crippen molar-refractivity contribution in [2.75, 3.05) is 6.54 Å². The summed E-state index contributed by atoms with van der Waals surface area (Å²) in [5, 5.41) is 13.1. The third-order valence-corrected chi connectivity index (χ3v) is 4.52. The number of unbranched alkanes of at least 4 members (excludes halogenated alkanes) is 5. The molecule has 1 aliphatic rings. The van der Waals surface area contributed by atoms with Gasteiger partial charge in [0.1, 0.15) is 11.3 Å². The third kappa shape index (κ3) is 4.60. The van der Waals surface area contributed by atoms with E-state index in [1.165, 1.54) is 25.7 Å². The molecule has 5 heteroatoms. The van der Waals surface area contributed by atoms with Crippen LogP contribution in [0.25, 0.3) is 0 Å². The van der Waals surface area contributed by atoms with Crippen LogP contribution >= 0.6 is 0 Å². The Balaban J connectivity index is 1.91. The van der Waals surface area contributed by atoms with Crippen LogP contribution in [0.4, 0.5) is 0 Å². The van der Waals surface area contributed by atoms with E-state index < -0.39 is 11.5 Å². The van der Waals surface area contributed by atoms with Gasteiger partial charge in [-0.1, -0.05) is 39.0 Å². The Labute approximate surface area is 137 Å². The maximum atomic E-state index is 12.2. The van der Waals surface area contributed by atoms with Crippen molar-refractivity contribution >= 4 is 5.91 Å². The fourth-order valence-corrected chi connectivity index (χ4v) is 3.17. The van der Waals surface area contributed by atoms with E-state index in [-0.39, 0.29) is 11.3 Å². The van der Waals surface area contributed by atoms with Gasteiger partial charge in [0.25, 0.3) is 11.5 Å². The number of aromatic hydroxyl groups is 1. The highest BCUT2D eigenvalue weighted by Gasteiger charge is 2.23. The van der Waals surface area contributed by atoms with Crippen LogP contribution in [-0.4, -0.2) is 22.5 Å². The monoisotopic (exact) mass is 320 g/mol. The number of H-pyrrole nitrogens is 1. The van der Waals surface area contributed by atoms with Crippen LogP contribution in [0.2, 0.25) is 0 Å². The summed E-state index contributed by atoms with van der Waals surface area (Å²) in [4.78, 5) is 27.1. The van der Waals surface area contributed by atoms with Gasteiger partial charge in [-0.2, -0.15) is 0 Å². The van der Waals surface area contributed by atoms with E-state index in [0.717, 1.165) is 49.8 Å². The van der Waals surface area contributed by atoms with Gasteiger partial charge in [0, 0.05) is 17.8 Å². The molecule has 128 valence electrons. The average molecular weight is 320 g/mol. The predicted octanol–water partition coefficient (Wildman–Crippen LogP) is 3.05. The Morgan fingerprint density at radius 1 is 1.13 bits per heavy atom.